The van der Waals surface area contributed by atoms with Gasteiger partial charge in [0.05, 0.1) is 12.7 Å². The summed E-state index contributed by atoms with van der Waals surface area (Å²) in [7, 11) is 1.35. The van der Waals surface area contributed by atoms with Crippen LogP contribution in [0.4, 0.5) is 23.0 Å². The topological polar surface area (TPSA) is 76.1 Å². The summed E-state index contributed by atoms with van der Waals surface area (Å²) >= 11 is 5.90. The summed E-state index contributed by atoms with van der Waals surface area (Å²) in [4.78, 5) is 20.3. The van der Waals surface area contributed by atoms with Crippen LogP contribution in [0.1, 0.15) is 16.2 Å². The number of hydrogen-bond acceptors (Lipinski definition) is 6. The van der Waals surface area contributed by atoms with Crippen LogP contribution < -0.4 is 10.6 Å². The fourth-order valence-electron chi connectivity index (χ4n) is 2.33. The van der Waals surface area contributed by atoms with Crippen LogP contribution in [-0.4, -0.2) is 23.0 Å². The van der Waals surface area contributed by atoms with Gasteiger partial charge in [0.2, 0.25) is 0 Å². The molecule has 0 radical (unpaired) electrons. The minimum Gasteiger partial charge on any atom is -0.465 e. The molecular formula is C19H17ClN4O2. The van der Waals surface area contributed by atoms with Crippen molar-refractivity contribution in [2.75, 3.05) is 17.7 Å². The Morgan fingerprint density at radius 2 is 1.42 bits per heavy atom. The highest BCUT2D eigenvalue weighted by molar-refractivity contribution is 6.30. The zero-order valence-corrected chi connectivity index (χ0v) is 15.0. The number of hydrogen-bond donors (Lipinski definition) is 2. The Morgan fingerprint density at radius 3 is 1.92 bits per heavy atom. The van der Waals surface area contributed by atoms with E-state index < -0.39 is 0 Å². The lowest BCUT2D eigenvalue weighted by molar-refractivity contribution is 0.0601. The lowest BCUT2D eigenvalue weighted by Crippen LogP contribution is -2.03. The Hall–Kier alpha value is -3.12. The SMILES string of the molecule is COC(=O)c1ccc(Nc2cc(Nc3ccc(Cl)cc3)nc(C)n2)cc1. The quantitative estimate of drug-likeness (QED) is 0.635. The molecule has 0 unspecified atom stereocenters. The van der Waals surface area contributed by atoms with E-state index in [9.17, 15) is 4.79 Å². The average molecular weight is 369 g/mol. The first-order valence-electron chi connectivity index (χ1n) is 7.87. The van der Waals surface area contributed by atoms with Crippen LogP contribution in [0.25, 0.3) is 0 Å². The molecule has 0 aliphatic heterocycles. The molecule has 0 saturated heterocycles. The summed E-state index contributed by atoms with van der Waals surface area (Å²) < 4.78 is 4.69. The van der Waals surface area contributed by atoms with E-state index in [1.54, 1.807) is 42.5 Å². The first-order chi connectivity index (χ1) is 12.5. The summed E-state index contributed by atoms with van der Waals surface area (Å²) in [6.07, 6.45) is 0. The third-order valence-corrected chi connectivity index (χ3v) is 3.78. The number of methoxy groups -OCH3 is 1. The number of aryl methyl sites for hydroxylation is 1. The highest BCUT2D eigenvalue weighted by atomic mass is 35.5. The fourth-order valence-corrected chi connectivity index (χ4v) is 2.46. The predicted octanol–water partition coefficient (Wildman–Crippen LogP) is 4.71. The van der Waals surface area contributed by atoms with Crippen molar-refractivity contribution in [2.45, 2.75) is 6.92 Å². The van der Waals surface area contributed by atoms with Crippen molar-refractivity contribution in [1.82, 2.24) is 9.97 Å². The minimum absolute atomic E-state index is 0.371. The normalized spacial score (nSPS) is 10.3. The van der Waals surface area contributed by atoms with Gasteiger partial charge in [-0.1, -0.05) is 11.6 Å². The van der Waals surface area contributed by atoms with E-state index in [2.05, 4.69) is 20.6 Å². The number of halogens is 1. The highest BCUT2D eigenvalue weighted by Gasteiger charge is 2.06. The summed E-state index contributed by atoms with van der Waals surface area (Å²) in [6, 6.07) is 16.1. The molecule has 132 valence electrons. The summed E-state index contributed by atoms with van der Waals surface area (Å²) in [6.45, 7) is 1.82. The van der Waals surface area contributed by atoms with E-state index in [4.69, 9.17) is 16.3 Å². The van der Waals surface area contributed by atoms with Crippen molar-refractivity contribution < 1.29 is 9.53 Å². The molecule has 0 fully saturated rings. The van der Waals surface area contributed by atoms with Gasteiger partial charge in [-0.15, -0.1) is 0 Å². The molecule has 6 nitrogen and oxygen atoms in total. The van der Waals surface area contributed by atoms with Gasteiger partial charge in [0.15, 0.2) is 0 Å². The van der Waals surface area contributed by atoms with Gasteiger partial charge in [-0.2, -0.15) is 0 Å². The molecule has 0 bridgehead atoms. The van der Waals surface area contributed by atoms with E-state index in [1.807, 2.05) is 19.1 Å². The zero-order chi connectivity index (χ0) is 18.5. The van der Waals surface area contributed by atoms with Crippen LogP contribution in [0.2, 0.25) is 5.02 Å². The first kappa shape index (κ1) is 17.7. The van der Waals surface area contributed by atoms with Crippen molar-refractivity contribution in [3.63, 3.8) is 0 Å². The Morgan fingerprint density at radius 1 is 0.923 bits per heavy atom. The molecule has 26 heavy (non-hydrogen) atoms. The molecule has 0 atom stereocenters. The maximum absolute atomic E-state index is 11.5. The van der Waals surface area contributed by atoms with Crippen molar-refractivity contribution in [3.8, 4) is 0 Å². The molecule has 7 heteroatoms. The number of carbonyl (C=O) groups excluding carboxylic acids is 1. The zero-order valence-electron chi connectivity index (χ0n) is 14.3. The van der Waals surface area contributed by atoms with Gasteiger partial charge in [-0.25, -0.2) is 14.8 Å². The van der Waals surface area contributed by atoms with Gasteiger partial charge in [0.25, 0.3) is 0 Å². The van der Waals surface area contributed by atoms with Crippen molar-refractivity contribution in [2.24, 2.45) is 0 Å². The number of ether oxygens (including phenoxy) is 1. The highest BCUT2D eigenvalue weighted by Crippen LogP contribution is 2.22. The summed E-state index contributed by atoms with van der Waals surface area (Å²) in [5.74, 6) is 1.55. The molecule has 0 spiro atoms. The lowest BCUT2D eigenvalue weighted by Gasteiger charge is -2.11. The van der Waals surface area contributed by atoms with Gasteiger partial charge in [0.1, 0.15) is 17.5 Å². The standard InChI is InChI=1S/C19H17ClN4O2/c1-12-21-17(23-15-7-3-13(4-8-15)19(25)26-2)11-18(22-12)24-16-9-5-14(20)6-10-16/h3-11H,1-2H3,(H2,21,22,23,24). The number of carbonyl (C=O) groups is 1. The van der Waals surface area contributed by atoms with Gasteiger partial charge >= 0.3 is 5.97 Å². The molecule has 0 amide bonds. The molecule has 0 saturated carbocycles. The predicted molar refractivity (Wildman–Crippen MR) is 103 cm³/mol. The molecule has 0 aliphatic carbocycles. The molecular weight excluding hydrogens is 352 g/mol. The number of esters is 1. The molecule has 2 N–H and O–H groups in total. The van der Waals surface area contributed by atoms with E-state index in [1.165, 1.54) is 7.11 Å². The van der Waals surface area contributed by atoms with Crippen molar-refractivity contribution >= 4 is 40.6 Å². The second kappa shape index (κ2) is 7.84. The van der Waals surface area contributed by atoms with Crippen LogP contribution >= 0.6 is 11.6 Å². The third-order valence-electron chi connectivity index (χ3n) is 3.53. The van der Waals surface area contributed by atoms with E-state index in [0.717, 1.165) is 11.4 Å². The summed E-state index contributed by atoms with van der Waals surface area (Å²) in [5.41, 5.74) is 2.16. The van der Waals surface area contributed by atoms with E-state index in [-0.39, 0.29) is 5.97 Å². The maximum Gasteiger partial charge on any atom is 0.337 e. The number of benzene rings is 2. The minimum atomic E-state index is -0.371. The molecule has 0 aliphatic rings. The number of anilines is 4. The van der Waals surface area contributed by atoms with Crippen molar-refractivity contribution in [1.29, 1.82) is 0 Å². The molecule has 2 aromatic carbocycles. The largest absolute Gasteiger partial charge is 0.465 e. The molecule has 3 rings (SSSR count). The number of nitrogens with zero attached hydrogens (tertiary/aromatic N) is 2. The Balaban J connectivity index is 1.77. The summed E-state index contributed by atoms with van der Waals surface area (Å²) in [5, 5.41) is 7.09. The number of rotatable bonds is 5. The first-order valence-corrected chi connectivity index (χ1v) is 8.25. The Kier molecular flexibility index (Phi) is 5.34. The second-order valence-corrected chi connectivity index (χ2v) is 5.95. The Bertz CT molecular complexity index is 912. The smallest absolute Gasteiger partial charge is 0.337 e. The monoisotopic (exact) mass is 368 g/mol. The van der Waals surface area contributed by atoms with Crippen LogP contribution in [-0.2, 0) is 4.74 Å². The van der Waals surface area contributed by atoms with Crippen LogP contribution in [0.3, 0.4) is 0 Å². The van der Waals surface area contributed by atoms with E-state index in [0.29, 0.717) is 28.0 Å². The van der Waals surface area contributed by atoms with Gasteiger partial charge in [-0.3, -0.25) is 0 Å². The lowest BCUT2D eigenvalue weighted by atomic mass is 10.2. The van der Waals surface area contributed by atoms with Gasteiger partial charge in [-0.05, 0) is 55.5 Å². The van der Waals surface area contributed by atoms with Gasteiger partial charge in [0, 0.05) is 22.5 Å². The van der Waals surface area contributed by atoms with Gasteiger partial charge < -0.3 is 15.4 Å². The van der Waals surface area contributed by atoms with E-state index >= 15 is 0 Å². The van der Waals surface area contributed by atoms with Crippen LogP contribution in [0.5, 0.6) is 0 Å². The fraction of sp³-hybridized carbons (Fsp3) is 0.105. The molecule has 3 aromatic rings. The van der Waals surface area contributed by atoms with Crippen molar-refractivity contribution in [3.05, 3.63) is 71.0 Å². The number of nitrogens with one attached hydrogen (secondary N) is 2. The third kappa shape index (κ3) is 4.49. The van der Waals surface area contributed by atoms with Crippen LogP contribution in [0.15, 0.2) is 54.6 Å². The molecule has 1 aromatic heterocycles. The Labute approximate surface area is 156 Å². The maximum atomic E-state index is 11.5. The average Bonchev–Trinajstić information content (AvgIpc) is 2.63. The van der Waals surface area contributed by atoms with Crippen LogP contribution in [0, 0.1) is 6.92 Å². The number of aromatic nitrogens is 2. The molecule has 1 heterocycles. The second-order valence-electron chi connectivity index (χ2n) is 5.51.